The van der Waals surface area contributed by atoms with Crippen molar-refractivity contribution in [3.8, 4) is 0 Å². The third kappa shape index (κ3) is 3.53. The summed E-state index contributed by atoms with van der Waals surface area (Å²) in [6.45, 7) is 0. The van der Waals surface area contributed by atoms with Crippen molar-refractivity contribution in [1.29, 1.82) is 0 Å². The Kier molecular flexibility index (Phi) is 4.68. The van der Waals surface area contributed by atoms with Gasteiger partial charge in [0.2, 0.25) is 0 Å². The molecule has 3 aromatic rings. The average Bonchev–Trinajstić information content (AvgIpc) is 3.04. The number of aryl methyl sites for hydroxylation is 1. The van der Waals surface area contributed by atoms with Crippen molar-refractivity contribution in [3.63, 3.8) is 0 Å². The highest BCUT2D eigenvalue weighted by Gasteiger charge is 2.24. The smallest absolute Gasteiger partial charge is 0.258 e. The summed E-state index contributed by atoms with van der Waals surface area (Å²) in [4.78, 5) is 18.4. The van der Waals surface area contributed by atoms with Crippen molar-refractivity contribution in [2.45, 2.75) is 25.2 Å². The molecule has 126 valence electrons. The molecule has 0 saturated carbocycles. The van der Waals surface area contributed by atoms with Gasteiger partial charge in [0.15, 0.2) is 5.13 Å². The number of fused-ring (bicyclic) bond motifs is 1. The molecule has 1 aliphatic rings. The fraction of sp³-hybridized carbons (Fsp3) is 0.200. The largest absolute Gasteiger partial charge is 0.298 e. The number of amides is 1. The number of aromatic nitrogens is 1. The molecule has 1 atom stereocenters. The number of thiazole rings is 1. The van der Waals surface area contributed by atoms with Gasteiger partial charge in [-0.3, -0.25) is 10.1 Å². The van der Waals surface area contributed by atoms with Crippen molar-refractivity contribution in [2.75, 3.05) is 5.32 Å². The lowest BCUT2D eigenvalue weighted by molar-refractivity contribution is 0.102. The van der Waals surface area contributed by atoms with E-state index in [9.17, 15) is 4.79 Å². The quantitative estimate of drug-likeness (QED) is 0.622. The molecular formula is C20H17BrN2OS. The standard InChI is InChI=1S/C20H17BrN2OS/c21-16-9-5-4-8-15(16)19(24)23-20-22-17-11-10-14(12-18(17)25-20)13-6-2-1-3-7-13/h1-9,14H,10-12H2,(H,22,23,24)/t14-/m1/s1. The average molecular weight is 413 g/mol. The van der Waals surface area contributed by atoms with E-state index in [-0.39, 0.29) is 5.91 Å². The summed E-state index contributed by atoms with van der Waals surface area (Å²) in [7, 11) is 0. The zero-order valence-electron chi connectivity index (χ0n) is 13.5. The van der Waals surface area contributed by atoms with Crippen LogP contribution in [0.1, 0.15) is 38.8 Å². The van der Waals surface area contributed by atoms with Crippen LogP contribution in [0, 0.1) is 0 Å². The Hall–Kier alpha value is -1.98. The molecule has 0 radical (unpaired) electrons. The summed E-state index contributed by atoms with van der Waals surface area (Å²) < 4.78 is 0.790. The molecule has 1 N–H and O–H groups in total. The fourth-order valence-corrected chi connectivity index (χ4v) is 4.80. The Morgan fingerprint density at radius 1 is 1.12 bits per heavy atom. The van der Waals surface area contributed by atoms with E-state index in [1.165, 1.54) is 10.4 Å². The lowest BCUT2D eigenvalue weighted by Gasteiger charge is -2.21. The minimum Gasteiger partial charge on any atom is -0.298 e. The molecule has 0 unspecified atom stereocenters. The van der Waals surface area contributed by atoms with Gasteiger partial charge in [0.05, 0.1) is 11.3 Å². The molecule has 3 nitrogen and oxygen atoms in total. The second-order valence-electron chi connectivity index (χ2n) is 6.17. The van der Waals surface area contributed by atoms with E-state index >= 15 is 0 Å². The van der Waals surface area contributed by atoms with Gasteiger partial charge in [0.25, 0.3) is 5.91 Å². The Labute approximate surface area is 159 Å². The lowest BCUT2D eigenvalue weighted by Crippen LogP contribution is -2.12. The van der Waals surface area contributed by atoms with E-state index in [1.807, 2.05) is 18.2 Å². The Morgan fingerprint density at radius 2 is 1.88 bits per heavy atom. The van der Waals surface area contributed by atoms with Crippen LogP contribution in [-0.2, 0) is 12.8 Å². The van der Waals surface area contributed by atoms with E-state index in [0.29, 0.717) is 16.6 Å². The van der Waals surface area contributed by atoms with E-state index in [4.69, 9.17) is 0 Å². The summed E-state index contributed by atoms with van der Waals surface area (Å²) in [5.74, 6) is 0.416. The third-order valence-electron chi connectivity index (χ3n) is 4.55. The second kappa shape index (κ2) is 7.10. The first kappa shape index (κ1) is 16.5. The van der Waals surface area contributed by atoms with Crippen LogP contribution >= 0.6 is 27.3 Å². The van der Waals surface area contributed by atoms with E-state index in [2.05, 4.69) is 56.6 Å². The van der Waals surface area contributed by atoms with Crippen LogP contribution in [0.25, 0.3) is 0 Å². The highest BCUT2D eigenvalue weighted by Crippen LogP contribution is 2.37. The predicted molar refractivity (Wildman–Crippen MR) is 105 cm³/mol. The first-order valence-electron chi connectivity index (χ1n) is 8.30. The van der Waals surface area contributed by atoms with Crippen molar-refractivity contribution in [3.05, 3.63) is 80.8 Å². The molecule has 5 heteroatoms. The molecule has 4 rings (SSSR count). The number of rotatable bonds is 3. The molecule has 25 heavy (non-hydrogen) atoms. The van der Waals surface area contributed by atoms with Crippen molar-refractivity contribution < 1.29 is 4.79 Å². The summed E-state index contributed by atoms with van der Waals surface area (Å²) >= 11 is 5.03. The second-order valence-corrected chi connectivity index (χ2v) is 8.11. The van der Waals surface area contributed by atoms with Gasteiger partial charge in [-0.2, -0.15) is 0 Å². The zero-order valence-corrected chi connectivity index (χ0v) is 15.9. The van der Waals surface area contributed by atoms with Crippen LogP contribution in [0.3, 0.4) is 0 Å². The van der Waals surface area contributed by atoms with Crippen molar-refractivity contribution in [2.24, 2.45) is 0 Å². The molecule has 0 spiro atoms. The minimum absolute atomic E-state index is 0.127. The zero-order chi connectivity index (χ0) is 17.2. The number of carbonyl (C=O) groups excluding carboxylic acids is 1. The van der Waals surface area contributed by atoms with Crippen LogP contribution in [0.2, 0.25) is 0 Å². The SMILES string of the molecule is O=C(Nc1nc2c(s1)C[C@H](c1ccccc1)CC2)c1ccccc1Br. The monoisotopic (exact) mass is 412 g/mol. The van der Waals surface area contributed by atoms with Gasteiger partial charge in [-0.1, -0.05) is 42.5 Å². The summed E-state index contributed by atoms with van der Waals surface area (Å²) in [5, 5.41) is 3.64. The van der Waals surface area contributed by atoms with Crippen LogP contribution < -0.4 is 5.32 Å². The molecule has 0 bridgehead atoms. The highest BCUT2D eigenvalue weighted by molar-refractivity contribution is 9.10. The van der Waals surface area contributed by atoms with Gasteiger partial charge in [-0.05, 0) is 58.8 Å². The van der Waals surface area contributed by atoms with E-state index in [1.54, 1.807) is 17.4 Å². The summed E-state index contributed by atoms with van der Waals surface area (Å²) in [5.41, 5.74) is 3.15. The minimum atomic E-state index is -0.127. The first-order chi connectivity index (χ1) is 12.2. The number of carbonyl (C=O) groups is 1. The van der Waals surface area contributed by atoms with Crippen LogP contribution in [0.4, 0.5) is 5.13 Å². The maximum absolute atomic E-state index is 12.5. The summed E-state index contributed by atoms with van der Waals surface area (Å²) in [6, 6.07) is 18.1. The Bertz CT molecular complexity index is 907. The molecule has 1 amide bonds. The summed E-state index contributed by atoms with van der Waals surface area (Å²) in [6.07, 6.45) is 3.08. The van der Waals surface area contributed by atoms with E-state index < -0.39 is 0 Å². The topological polar surface area (TPSA) is 42.0 Å². The third-order valence-corrected chi connectivity index (χ3v) is 6.28. The molecule has 1 aliphatic carbocycles. The van der Waals surface area contributed by atoms with E-state index in [0.717, 1.165) is 29.4 Å². The van der Waals surface area contributed by atoms with Crippen LogP contribution in [0.15, 0.2) is 59.1 Å². The number of hydrogen-bond acceptors (Lipinski definition) is 3. The predicted octanol–water partition coefficient (Wildman–Crippen LogP) is 5.43. The molecule has 0 fully saturated rings. The van der Waals surface area contributed by atoms with Gasteiger partial charge in [-0.25, -0.2) is 4.98 Å². The molecule has 0 aliphatic heterocycles. The normalized spacial score (nSPS) is 16.3. The molecular weight excluding hydrogens is 396 g/mol. The number of halogens is 1. The Morgan fingerprint density at radius 3 is 2.68 bits per heavy atom. The molecule has 0 saturated heterocycles. The lowest BCUT2D eigenvalue weighted by atomic mass is 9.85. The number of benzene rings is 2. The van der Waals surface area contributed by atoms with Crippen molar-refractivity contribution in [1.82, 2.24) is 4.98 Å². The highest BCUT2D eigenvalue weighted by atomic mass is 79.9. The molecule has 1 aromatic heterocycles. The number of anilines is 1. The first-order valence-corrected chi connectivity index (χ1v) is 9.91. The van der Waals surface area contributed by atoms with Gasteiger partial charge in [-0.15, -0.1) is 11.3 Å². The number of nitrogens with zero attached hydrogens (tertiary/aromatic N) is 1. The number of hydrogen-bond donors (Lipinski definition) is 1. The van der Waals surface area contributed by atoms with Gasteiger partial charge >= 0.3 is 0 Å². The molecule has 1 heterocycles. The van der Waals surface area contributed by atoms with Gasteiger partial charge < -0.3 is 0 Å². The van der Waals surface area contributed by atoms with Gasteiger partial charge in [0, 0.05) is 9.35 Å². The van der Waals surface area contributed by atoms with Gasteiger partial charge in [0.1, 0.15) is 0 Å². The van der Waals surface area contributed by atoms with Crippen LogP contribution in [-0.4, -0.2) is 10.9 Å². The number of nitrogens with one attached hydrogen (secondary N) is 1. The van der Waals surface area contributed by atoms with Crippen LogP contribution in [0.5, 0.6) is 0 Å². The Balaban J connectivity index is 1.51. The fourth-order valence-electron chi connectivity index (χ4n) is 3.25. The molecule has 2 aromatic carbocycles. The maximum Gasteiger partial charge on any atom is 0.258 e. The van der Waals surface area contributed by atoms with Crippen molar-refractivity contribution >= 4 is 38.3 Å². The maximum atomic E-state index is 12.5.